The summed E-state index contributed by atoms with van der Waals surface area (Å²) in [5, 5.41) is 8.31. The first-order valence-electron chi connectivity index (χ1n) is 7.14. The molecule has 0 amide bonds. The van der Waals surface area contributed by atoms with Gasteiger partial charge in [0, 0.05) is 25.1 Å². The van der Waals surface area contributed by atoms with Gasteiger partial charge in [-0.3, -0.25) is 0 Å². The largest absolute Gasteiger partial charge is 0.370 e. The summed E-state index contributed by atoms with van der Waals surface area (Å²) in [5.74, 6) is 2.65. The Balaban J connectivity index is 1.79. The summed E-state index contributed by atoms with van der Waals surface area (Å²) in [6, 6.07) is 2.29. The highest BCUT2D eigenvalue weighted by atomic mass is 15.3. The molecule has 0 radical (unpaired) electrons. The minimum atomic E-state index is 0.699. The van der Waals surface area contributed by atoms with E-state index in [-0.39, 0.29) is 0 Å². The average Bonchev–Trinajstić information content (AvgIpc) is 2.57. The quantitative estimate of drug-likeness (QED) is 0.754. The first kappa shape index (κ1) is 11.1. The van der Waals surface area contributed by atoms with Crippen molar-refractivity contribution >= 4 is 5.82 Å². The molecule has 1 aliphatic carbocycles. The van der Waals surface area contributed by atoms with E-state index in [0.717, 1.165) is 13.1 Å². The summed E-state index contributed by atoms with van der Waals surface area (Å²) in [5.41, 5.74) is 1.34. The molecule has 3 nitrogen and oxygen atoms in total. The van der Waals surface area contributed by atoms with E-state index in [1.165, 1.54) is 50.0 Å². The van der Waals surface area contributed by atoms with Crippen molar-refractivity contribution in [2.75, 3.05) is 11.9 Å². The Labute approximate surface area is 104 Å². The van der Waals surface area contributed by atoms with Gasteiger partial charge in [0.05, 0.1) is 5.69 Å². The summed E-state index contributed by atoms with van der Waals surface area (Å²) >= 11 is 0. The zero-order valence-electron chi connectivity index (χ0n) is 10.8. The van der Waals surface area contributed by atoms with Crippen LogP contribution >= 0.6 is 0 Å². The van der Waals surface area contributed by atoms with Crippen molar-refractivity contribution in [3.63, 3.8) is 0 Å². The lowest BCUT2D eigenvalue weighted by Gasteiger charge is -2.21. The van der Waals surface area contributed by atoms with Gasteiger partial charge >= 0.3 is 0 Å². The summed E-state index contributed by atoms with van der Waals surface area (Å²) in [4.78, 5) is 0. The van der Waals surface area contributed by atoms with Crippen molar-refractivity contribution in [1.82, 2.24) is 9.78 Å². The fourth-order valence-corrected chi connectivity index (χ4v) is 3.13. The maximum atomic E-state index is 4.82. The van der Waals surface area contributed by atoms with Crippen molar-refractivity contribution in [3.8, 4) is 0 Å². The monoisotopic (exact) mass is 233 g/mol. The second-order valence-corrected chi connectivity index (χ2v) is 5.81. The molecular formula is C14H23N3. The normalized spacial score (nSPS) is 26.1. The van der Waals surface area contributed by atoms with Crippen LogP contribution in [0.25, 0.3) is 0 Å². The van der Waals surface area contributed by atoms with E-state index in [0.29, 0.717) is 11.8 Å². The number of hydrogen-bond acceptors (Lipinski definition) is 2. The van der Waals surface area contributed by atoms with Crippen LogP contribution in [0.15, 0.2) is 6.07 Å². The molecule has 1 fully saturated rings. The molecule has 17 heavy (non-hydrogen) atoms. The van der Waals surface area contributed by atoms with Gasteiger partial charge in [0.25, 0.3) is 0 Å². The first-order chi connectivity index (χ1) is 8.33. The molecule has 3 heteroatoms. The highest BCUT2D eigenvalue weighted by Crippen LogP contribution is 2.32. The van der Waals surface area contributed by atoms with Gasteiger partial charge in [0.2, 0.25) is 0 Å². The number of fused-ring (bicyclic) bond motifs is 1. The lowest BCUT2D eigenvalue weighted by atomic mass is 9.97. The molecule has 1 saturated carbocycles. The molecule has 1 N–H and O–H groups in total. The van der Waals surface area contributed by atoms with E-state index >= 15 is 0 Å². The number of aromatic nitrogens is 2. The summed E-state index contributed by atoms with van der Waals surface area (Å²) in [7, 11) is 0. The van der Waals surface area contributed by atoms with E-state index in [1.54, 1.807) is 0 Å². The highest BCUT2D eigenvalue weighted by Gasteiger charge is 2.21. The van der Waals surface area contributed by atoms with Gasteiger partial charge in [-0.2, -0.15) is 5.10 Å². The van der Waals surface area contributed by atoms with Crippen molar-refractivity contribution < 1.29 is 0 Å². The second-order valence-electron chi connectivity index (χ2n) is 5.81. The molecule has 3 rings (SSSR count). The van der Waals surface area contributed by atoms with Crippen LogP contribution in [0, 0.1) is 5.92 Å². The van der Waals surface area contributed by atoms with Crippen molar-refractivity contribution in [2.45, 2.75) is 57.9 Å². The minimum Gasteiger partial charge on any atom is -0.370 e. The lowest BCUT2D eigenvalue weighted by Crippen LogP contribution is -2.25. The topological polar surface area (TPSA) is 29.9 Å². The van der Waals surface area contributed by atoms with Gasteiger partial charge in [0.15, 0.2) is 0 Å². The van der Waals surface area contributed by atoms with Gasteiger partial charge in [-0.25, -0.2) is 4.68 Å². The van der Waals surface area contributed by atoms with Gasteiger partial charge < -0.3 is 5.32 Å². The Morgan fingerprint density at radius 1 is 1.24 bits per heavy atom. The molecule has 1 atom stereocenters. The Kier molecular flexibility index (Phi) is 3.08. The van der Waals surface area contributed by atoms with Crippen LogP contribution in [-0.2, 0) is 6.54 Å². The number of anilines is 1. The van der Waals surface area contributed by atoms with E-state index in [1.807, 2.05) is 0 Å². The van der Waals surface area contributed by atoms with Gasteiger partial charge in [0.1, 0.15) is 5.82 Å². The zero-order chi connectivity index (χ0) is 11.7. The minimum absolute atomic E-state index is 0.699. The molecule has 1 aliphatic heterocycles. The zero-order valence-corrected chi connectivity index (χ0v) is 10.8. The predicted octanol–water partition coefficient (Wildman–Crippen LogP) is 3.38. The average molecular weight is 233 g/mol. The van der Waals surface area contributed by atoms with Gasteiger partial charge in [-0.1, -0.05) is 32.6 Å². The standard InChI is InChI=1S/C14H23N3/c1-11-9-15-14-8-13(16-17(14)10-11)12-6-4-2-3-5-7-12/h8,11-12,15H,2-7,9-10H2,1H3. The maximum Gasteiger partial charge on any atom is 0.124 e. The van der Waals surface area contributed by atoms with Crippen LogP contribution in [0.2, 0.25) is 0 Å². The van der Waals surface area contributed by atoms with E-state index in [9.17, 15) is 0 Å². The molecule has 0 aromatic carbocycles. The van der Waals surface area contributed by atoms with Crippen LogP contribution in [0.5, 0.6) is 0 Å². The summed E-state index contributed by atoms with van der Waals surface area (Å²) < 4.78 is 2.17. The van der Waals surface area contributed by atoms with Crippen LogP contribution < -0.4 is 5.32 Å². The van der Waals surface area contributed by atoms with E-state index in [2.05, 4.69) is 23.0 Å². The van der Waals surface area contributed by atoms with Crippen molar-refractivity contribution in [1.29, 1.82) is 0 Å². The maximum absolute atomic E-state index is 4.82. The Morgan fingerprint density at radius 2 is 2.00 bits per heavy atom. The van der Waals surface area contributed by atoms with Crippen LogP contribution in [0.1, 0.15) is 57.1 Å². The molecule has 1 aromatic heterocycles. The van der Waals surface area contributed by atoms with Crippen LogP contribution in [-0.4, -0.2) is 16.3 Å². The molecule has 0 saturated heterocycles. The molecule has 1 aromatic rings. The van der Waals surface area contributed by atoms with Gasteiger partial charge in [-0.05, 0) is 18.8 Å². The van der Waals surface area contributed by atoms with Crippen molar-refractivity contribution in [2.24, 2.45) is 5.92 Å². The number of nitrogens with zero attached hydrogens (tertiary/aromatic N) is 2. The number of nitrogens with one attached hydrogen (secondary N) is 1. The molecule has 94 valence electrons. The fraction of sp³-hybridized carbons (Fsp3) is 0.786. The molecule has 0 bridgehead atoms. The lowest BCUT2D eigenvalue weighted by molar-refractivity contribution is 0.437. The Hall–Kier alpha value is -0.990. The smallest absolute Gasteiger partial charge is 0.124 e. The number of hydrogen-bond donors (Lipinski definition) is 1. The first-order valence-corrected chi connectivity index (χ1v) is 7.14. The highest BCUT2D eigenvalue weighted by molar-refractivity contribution is 5.39. The third kappa shape index (κ3) is 2.33. The third-order valence-electron chi connectivity index (χ3n) is 4.19. The Bertz CT molecular complexity index is 375. The van der Waals surface area contributed by atoms with E-state index in [4.69, 9.17) is 5.10 Å². The molecular weight excluding hydrogens is 210 g/mol. The third-order valence-corrected chi connectivity index (χ3v) is 4.19. The van der Waals surface area contributed by atoms with E-state index < -0.39 is 0 Å². The summed E-state index contributed by atoms with van der Waals surface area (Å²) in [6.45, 7) is 4.45. The molecule has 2 aliphatic rings. The number of rotatable bonds is 1. The summed E-state index contributed by atoms with van der Waals surface area (Å²) in [6.07, 6.45) is 8.28. The van der Waals surface area contributed by atoms with Crippen molar-refractivity contribution in [3.05, 3.63) is 11.8 Å². The second kappa shape index (κ2) is 4.71. The molecule has 2 heterocycles. The predicted molar refractivity (Wildman–Crippen MR) is 70.3 cm³/mol. The fourth-order valence-electron chi connectivity index (χ4n) is 3.13. The van der Waals surface area contributed by atoms with Gasteiger partial charge in [-0.15, -0.1) is 0 Å². The molecule has 0 spiro atoms. The Morgan fingerprint density at radius 3 is 2.76 bits per heavy atom. The SMILES string of the molecule is CC1CNc2cc(C3CCCCCC3)nn2C1. The van der Waals surface area contributed by atoms with Crippen LogP contribution in [0.4, 0.5) is 5.82 Å². The van der Waals surface area contributed by atoms with Crippen LogP contribution in [0.3, 0.4) is 0 Å². The molecule has 1 unspecified atom stereocenters.